The average Bonchev–Trinajstić information content (AvgIpc) is 3.52. The Morgan fingerprint density at radius 3 is 2.65 bits per heavy atom. The van der Waals surface area contributed by atoms with Gasteiger partial charge in [0.05, 0.1) is 17.6 Å². The van der Waals surface area contributed by atoms with Crippen molar-refractivity contribution in [2.75, 3.05) is 52.1 Å². The number of likely N-dealkylation sites (tertiary alicyclic amines) is 1. The molecule has 240 valence electrons. The molecule has 0 spiro atoms. The molecule has 46 heavy (non-hydrogen) atoms. The van der Waals surface area contributed by atoms with Gasteiger partial charge in [-0.3, -0.25) is 4.98 Å². The van der Waals surface area contributed by atoms with Crippen LogP contribution in [0.5, 0.6) is 11.8 Å². The number of rotatable bonds is 8. The number of nitrogens with zero attached hydrogens (tertiary/aromatic N) is 5. The lowest BCUT2D eigenvalue weighted by Gasteiger charge is -2.44. The number of pyridine rings is 1. The molecule has 0 bridgehead atoms. The fourth-order valence-corrected chi connectivity index (χ4v) is 7.96. The Hall–Kier alpha value is -4.07. The van der Waals surface area contributed by atoms with E-state index in [4.69, 9.17) is 25.6 Å². The standard InChI is InChI=1S/C36H39F2N5O3/c1-4-25-28(37)12-11-23-18-24(46-22-44-3)19-26(30(23)25)32-31(38)33-27(20-39-32)34(43-16-6-5-7-17-43)41-35(40-33)45-21-36-13-8-10-29(36)42(2)15-9-14-36/h1,11-12,18-20,29H,5-10,13-17,21-22H2,2-3H3/t29-,36-/m1/s1. The summed E-state index contributed by atoms with van der Waals surface area (Å²) in [4.78, 5) is 18.8. The lowest BCUT2D eigenvalue weighted by atomic mass is 9.76. The molecule has 3 aliphatic rings. The monoisotopic (exact) mass is 627 g/mol. The van der Waals surface area contributed by atoms with Crippen LogP contribution in [0.4, 0.5) is 14.6 Å². The highest BCUT2D eigenvalue weighted by molar-refractivity contribution is 6.03. The molecule has 1 aliphatic carbocycles. The molecule has 0 amide bonds. The highest BCUT2D eigenvalue weighted by Crippen LogP contribution is 2.47. The van der Waals surface area contributed by atoms with Crippen LogP contribution in [0, 0.1) is 29.4 Å². The van der Waals surface area contributed by atoms with E-state index < -0.39 is 11.6 Å². The molecule has 0 N–H and O–H groups in total. The van der Waals surface area contributed by atoms with E-state index in [0.717, 1.165) is 64.6 Å². The zero-order valence-corrected chi connectivity index (χ0v) is 26.5. The largest absolute Gasteiger partial charge is 0.468 e. The number of aromatic nitrogens is 3. The molecule has 2 saturated heterocycles. The summed E-state index contributed by atoms with van der Waals surface area (Å²) in [5.41, 5.74) is 0.451. The van der Waals surface area contributed by atoms with Crippen LogP contribution >= 0.6 is 0 Å². The molecule has 0 radical (unpaired) electrons. The molecule has 4 aromatic rings. The summed E-state index contributed by atoms with van der Waals surface area (Å²) in [5.74, 6) is 2.24. The third-order valence-electron chi connectivity index (χ3n) is 10.1. The minimum absolute atomic E-state index is 0.0138. The van der Waals surface area contributed by atoms with E-state index in [-0.39, 0.29) is 35.0 Å². The fraction of sp³-hybridized carbons (Fsp3) is 0.472. The van der Waals surface area contributed by atoms with Gasteiger partial charge in [0, 0.05) is 48.8 Å². The van der Waals surface area contributed by atoms with Crippen LogP contribution in [0.3, 0.4) is 0 Å². The van der Waals surface area contributed by atoms with Crippen LogP contribution in [0.2, 0.25) is 0 Å². The Morgan fingerprint density at radius 2 is 1.85 bits per heavy atom. The first kappa shape index (κ1) is 30.6. The number of piperidine rings is 2. The predicted molar refractivity (Wildman–Crippen MR) is 174 cm³/mol. The Bertz CT molecular complexity index is 1820. The third kappa shape index (κ3) is 5.39. The molecule has 4 heterocycles. The van der Waals surface area contributed by atoms with Gasteiger partial charge in [0.2, 0.25) is 0 Å². The topological polar surface area (TPSA) is 72.8 Å². The van der Waals surface area contributed by atoms with Crippen LogP contribution in [0.25, 0.3) is 32.9 Å². The van der Waals surface area contributed by atoms with Gasteiger partial charge in [-0.05, 0) is 82.1 Å². The van der Waals surface area contributed by atoms with E-state index >= 15 is 4.39 Å². The van der Waals surface area contributed by atoms with Gasteiger partial charge in [-0.1, -0.05) is 18.4 Å². The Labute approximate surface area is 268 Å². The van der Waals surface area contributed by atoms with Crippen LogP contribution in [0.1, 0.15) is 56.9 Å². The first-order chi connectivity index (χ1) is 22.4. The van der Waals surface area contributed by atoms with Crippen molar-refractivity contribution >= 4 is 27.5 Å². The van der Waals surface area contributed by atoms with Crippen molar-refractivity contribution in [3.63, 3.8) is 0 Å². The lowest BCUT2D eigenvalue weighted by Crippen LogP contribution is -2.50. The molecule has 8 nitrogen and oxygen atoms in total. The Balaban J connectivity index is 1.37. The zero-order valence-electron chi connectivity index (χ0n) is 26.5. The van der Waals surface area contributed by atoms with Crippen molar-refractivity contribution in [1.29, 1.82) is 0 Å². The van der Waals surface area contributed by atoms with Crippen LogP contribution in [-0.2, 0) is 4.74 Å². The van der Waals surface area contributed by atoms with Crippen molar-refractivity contribution in [3.8, 4) is 35.4 Å². The van der Waals surface area contributed by atoms with Gasteiger partial charge in [0.25, 0.3) is 0 Å². The molecule has 2 atom stereocenters. The van der Waals surface area contributed by atoms with Gasteiger partial charge < -0.3 is 24.0 Å². The smallest absolute Gasteiger partial charge is 0.319 e. The van der Waals surface area contributed by atoms with Crippen molar-refractivity contribution in [3.05, 3.63) is 47.7 Å². The number of hydrogen-bond donors (Lipinski definition) is 0. The second kappa shape index (κ2) is 12.6. The Kier molecular flexibility index (Phi) is 8.38. The molecule has 0 unspecified atom stereocenters. The summed E-state index contributed by atoms with van der Waals surface area (Å²) >= 11 is 0. The Morgan fingerprint density at radius 1 is 1.02 bits per heavy atom. The van der Waals surface area contributed by atoms with E-state index in [2.05, 4.69) is 32.7 Å². The number of fused-ring (bicyclic) bond motifs is 3. The minimum atomic E-state index is -0.658. The van der Waals surface area contributed by atoms with Gasteiger partial charge in [-0.25, -0.2) is 8.78 Å². The maximum Gasteiger partial charge on any atom is 0.319 e. The molecule has 2 aromatic carbocycles. The molecular weight excluding hydrogens is 588 g/mol. The third-order valence-corrected chi connectivity index (χ3v) is 10.1. The fourth-order valence-electron chi connectivity index (χ4n) is 7.96. The van der Waals surface area contributed by atoms with Crippen molar-refractivity contribution < 1.29 is 23.0 Å². The lowest BCUT2D eigenvalue weighted by molar-refractivity contribution is 0.0133. The summed E-state index contributed by atoms with van der Waals surface area (Å²) in [5, 5.41) is 1.46. The van der Waals surface area contributed by atoms with Crippen molar-refractivity contribution in [2.24, 2.45) is 5.41 Å². The summed E-state index contributed by atoms with van der Waals surface area (Å²) < 4.78 is 49.2. The quantitative estimate of drug-likeness (QED) is 0.158. The maximum absolute atomic E-state index is 16.9. The van der Waals surface area contributed by atoms with E-state index in [0.29, 0.717) is 45.9 Å². The molecule has 7 rings (SSSR count). The minimum Gasteiger partial charge on any atom is -0.468 e. The summed E-state index contributed by atoms with van der Waals surface area (Å²) in [7, 11) is 3.71. The van der Waals surface area contributed by atoms with Crippen LogP contribution < -0.4 is 14.4 Å². The van der Waals surface area contributed by atoms with Crippen LogP contribution in [0.15, 0.2) is 30.5 Å². The predicted octanol–water partition coefficient (Wildman–Crippen LogP) is 6.72. The number of terminal acetylenes is 1. The second-order valence-electron chi connectivity index (χ2n) is 12.9. The summed E-state index contributed by atoms with van der Waals surface area (Å²) in [6.07, 6.45) is 16.2. The SMILES string of the molecule is C#Cc1c(F)ccc2cc(OCOC)cc(-c3ncc4c(N5CCCCC5)nc(OC[C@]56CCC[C@H]5N(C)CCC6)nc4c3F)c12. The van der Waals surface area contributed by atoms with Gasteiger partial charge >= 0.3 is 6.01 Å². The van der Waals surface area contributed by atoms with Crippen molar-refractivity contribution in [2.45, 2.75) is 57.4 Å². The van der Waals surface area contributed by atoms with Gasteiger partial charge in [0.15, 0.2) is 12.6 Å². The molecule has 3 fully saturated rings. The highest BCUT2D eigenvalue weighted by Gasteiger charge is 2.47. The van der Waals surface area contributed by atoms with Gasteiger partial charge in [-0.15, -0.1) is 6.42 Å². The number of hydrogen-bond acceptors (Lipinski definition) is 8. The average molecular weight is 628 g/mol. The molecule has 2 aromatic heterocycles. The number of benzene rings is 2. The highest BCUT2D eigenvalue weighted by atomic mass is 19.1. The molecular formula is C36H39F2N5O3. The van der Waals surface area contributed by atoms with E-state index in [1.807, 2.05) is 0 Å². The normalized spacial score (nSPS) is 21.8. The first-order valence-electron chi connectivity index (χ1n) is 16.2. The van der Waals surface area contributed by atoms with Crippen molar-refractivity contribution in [1.82, 2.24) is 19.9 Å². The molecule has 1 saturated carbocycles. The first-order valence-corrected chi connectivity index (χ1v) is 16.2. The van der Waals surface area contributed by atoms with E-state index in [9.17, 15) is 4.39 Å². The number of methoxy groups -OCH3 is 1. The summed E-state index contributed by atoms with van der Waals surface area (Å²) in [6.45, 7) is 3.17. The van der Waals surface area contributed by atoms with Gasteiger partial charge in [0.1, 0.15) is 28.6 Å². The van der Waals surface area contributed by atoms with Crippen LogP contribution in [-0.4, -0.2) is 73.1 Å². The molecule has 10 heteroatoms. The second-order valence-corrected chi connectivity index (χ2v) is 12.9. The number of ether oxygens (including phenoxy) is 3. The maximum atomic E-state index is 16.9. The van der Waals surface area contributed by atoms with E-state index in [1.54, 1.807) is 24.4 Å². The van der Waals surface area contributed by atoms with Gasteiger partial charge in [-0.2, -0.15) is 9.97 Å². The number of halogens is 2. The summed E-state index contributed by atoms with van der Waals surface area (Å²) in [6, 6.07) is 6.85. The van der Waals surface area contributed by atoms with E-state index in [1.165, 1.54) is 19.6 Å². The molecule has 2 aliphatic heterocycles. The zero-order chi connectivity index (χ0) is 31.8. The number of anilines is 1.